The molecule has 0 amide bonds. The van der Waals surface area contributed by atoms with Gasteiger partial charge < -0.3 is 10.2 Å². The SMILES string of the molecule is Cl.FC(F)(F)C1=NOC2(CCNCC2)C1. The van der Waals surface area contributed by atoms with Gasteiger partial charge in [-0.3, -0.25) is 0 Å². The Hall–Kier alpha value is -0.490. The zero-order valence-electron chi connectivity index (χ0n) is 7.93. The average molecular weight is 245 g/mol. The highest BCUT2D eigenvalue weighted by atomic mass is 35.5. The van der Waals surface area contributed by atoms with Crippen molar-refractivity contribution in [2.24, 2.45) is 5.16 Å². The van der Waals surface area contributed by atoms with Gasteiger partial charge in [0.2, 0.25) is 0 Å². The lowest BCUT2D eigenvalue weighted by Crippen LogP contribution is -2.42. The summed E-state index contributed by atoms with van der Waals surface area (Å²) in [4.78, 5) is 4.95. The molecule has 1 spiro atoms. The summed E-state index contributed by atoms with van der Waals surface area (Å²) in [6, 6.07) is 0. The molecule has 0 aliphatic carbocycles. The number of nitrogens with zero attached hydrogens (tertiary/aromatic N) is 1. The van der Waals surface area contributed by atoms with Crippen LogP contribution in [0.15, 0.2) is 5.16 Å². The summed E-state index contributed by atoms with van der Waals surface area (Å²) in [5, 5.41) is 6.23. The molecule has 2 heterocycles. The Labute approximate surface area is 91.4 Å². The predicted octanol–water partition coefficient (Wildman–Crippen LogP) is 1.87. The maximum atomic E-state index is 12.3. The standard InChI is InChI=1S/C8H11F3N2O.ClH/c9-8(10,11)6-5-7(14-13-6)1-3-12-4-2-7;/h12H,1-5H2;1H. The van der Waals surface area contributed by atoms with E-state index in [-0.39, 0.29) is 18.8 Å². The van der Waals surface area contributed by atoms with Crippen LogP contribution in [0.25, 0.3) is 0 Å². The molecule has 0 aromatic rings. The molecule has 88 valence electrons. The Kier molecular flexibility index (Phi) is 3.50. The first-order valence-electron chi connectivity index (χ1n) is 4.55. The molecule has 1 N–H and O–H groups in total. The summed E-state index contributed by atoms with van der Waals surface area (Å²) < 4.78 is 36.8. The summed E-state index contributed by atoms with van der Waals surface area (Å²) in [6.45, 7) is 1.39. The van der Waals surface area contributed by atoms with Gasteiger partial charge in [0.15, 0.2) is 5.71 Å². The lowest BCUT2D eigenvalue weighted by molar-refractivity contribution is -0.0604. The van der Waals surface area contributed by atoms with E-state index < -0.39 is 17.5 Å². The van der Waals surface area contributed by atoms with Crippen LogP contribution in [0.1, 0.15) is 19.3 Å². The van der Waals surface area contributed by atoms with Crippen LogP contribution in [-0.2, 0) is 4.84 Å². The van der Waals surface area contributed by atoms with Crippen LogP contribution >= 0.6 is 12.4 Å². The van der Waals surface area contributed by atoms with Crippen molar-refractivity contribution in [1.29, 1.82) is 0 Å². The number of nitrogens with one attached hydrogen (secondary N) is 1. The van der Waals surface area contributed by atoms with Crippen molar-refractivity contribution in [3.63, 3.8) is 0 Å². The van der Waals surface area contributed by atoms with Gasteiger partial charge in [-0.25, -0.2) is 0 Å². The lowest BCUT2D eigenvalue weighted by Gasteiger charge is -2.30. The van der Waals surface area contributed by atoms with Crippen LogP contribution in [0.2, 0.25) is 0 Å². The third kappa shape index (κ3) is 2.55. The molecular formula is C8H12ClF3N2O. The number of oxime groups is 1. The number of piperidine rings is 1. The maximum absolute atomic E-state index is 12.3. The predicted molar refractivity (Wildman–Crippen MR) is 51.3 cm³/mol. The topological polar surface area (TPSA) is 33.6 Å². The van der Waals surface area contributed by atoms with Gasteiger partial charge in [0.1, 0.15) is 5.60 Å². The summed E-state index contributed by atoms with van der Waals surface area (Å²) >= 11 is 0. The third-order valence-corrected chi connectivity index (χ3v) is 2.68. The Morgan fingerprint density at radius 2 is 1.87 bits per heavy atom. The normalized spacial score (nSPS) is 24.3. The quantitative estimate of drug-likeness (QED) is 0.706. The second-order valence-corrected chi connectivity index (χ2v) is 3.74. The smallest absolute Gasteiger partial charge is 0.389 e. The fourth-order valence-electron chi connectivity index (χ4n) is 1.82. The van der Waals surface area contributed by atoms with E-state index in [4.69, 9.17) is 4.84 Å². The highest BCUT2D eigenvalue weighted by Gasteiger charge is 2.49. The van der Waals surface area contributed by atoms with Crippen LogP contribution in [-0.4, -0.2) is 30.6 Å². The second kappa shape index (κ2) is 4.17. The van der Waals surface area contributed by atoms with Crippen LogP contribution in [0.5, 0.6) is 0 Å². The molecule has 2 aliphatic heterocycles. The fraction of sp³-hybridized carbons (Fsp3) is 0.875. The van der Waals surface area contributed by atoms with Gasteiger partial charge in [-0.05, 0) is 13.1 Å². The molecule has 0 aromatic carbocycles. The molecule has 0 bridgehead atoms. The number of rotatable bonds is 0. The van der Waals surface area contributed by atoms with E-state index in [1.807, 2.05) is 0 Å². The van der Waals surface area contributed by atoms with Gasteiger partial charge in [0.05, 0.1) is 0 Å². The number of halogens is 4. The van der Waals surface area contributed by atoms with Crippen molar-refractivity contribution in [2.75, 3.05) is 13.1 Å². The summed E-state index contributed by atoms with van der Waals surface area (Å²) in [7, 11) is 0. The second-order valence-electron chi connectivity index (χ2n) is 3.74. The Balaban J connectivity index is 0.00000112. The number of hydrogen-bond donors (Lipinski definition) is 1. The fourth-order valence-corrected chi connectivity index (χ4v) is 1.82. The van der Waals surface area contributed by atoms with E-state index in [1.54, 1.807) is 0 Å². The van der Waals surface area contributed by atoms with E-state index in [1.165, 1.54) is 0 Å². The van der Waals surface area contributed by atoms with Gasteiger partial charge in [-0.1, -0.05) is 5.16 Å². The van der Waals surface area contributed by atoms with Gasteiger partial charge in [-0.2, -0.15) is 13.2 Å². The molecule has 0 radical (unpaired) electrons. The molecule has 3 nitrogen and oxygen atoms in total. The molecule has 15 heavy (non-hydrogen) atoms. The van der Waals surface area contributed by atoms with E-state index in [0.29, 0.717) is 25.9 Å². The van der Waals surface area contributed by atoms with Crippen LogP contribution in [0.4, 0.5) is 13.2 Å². The summed E-state index contributed by atoms with van der Waals surface area (Å²) in [5.74, 6) is 0. The third-order valence-electron chi connectivity index (χ3n) is 2.68. The first-order valence-corrected chi connectivity index (χ1v) is 4.55. The minimum atomic E-state index is -4.34. The zero-order valence-corrected chi connectivity index (χ0v) is 8.75. The lowest BCUT2D eigenvalue weighted by atomic mass is 9.87. The molecule has 2 aliphatic rings. The van der Waals surface area contributed by atoms with Crippen LogP contribution in [0.3, 0.4) is 0 Å². The molecule has 0 aromatic heterocycles. The minimum absolute atomic E-state index is 0. The average Bonchev–Trinajstić information content (AvgIpc) is 2.50. The van der Waals surface area contributed by atoms with Crippen molar-refractivity contribution < 1.29 is 18.0 Å². The minimum Gasteiger partial charge on any atom is -0.389 e. The highest BCUT2D eigenvalue weighted by Crippen LogP contribution is 2.37. The Morgan fingerprint density at radius 1 is 1.27 bits per heavy atom. The van der Waals surface area contributed by atoms with Gasteiger partial charge in [0.25, 0.3) is 0 Å². The van der Waals surface area contributed by atoms with Crippen molar-refractivity contribution >= 4 is 18.1 Å². The Bertz CT molecular complexity index is 261. The maximum Gasteiger partial charge on any atom is 0.432 e. The van der Waals surface area contributed by atoms with E-state index in [9.17, 15) is 13.2 Å². The summed E-state index contributed by atoms with van der Waals surface area (Å²) in [5.41, 5.74) is -1.46. The van der Waals surface area contributed by atoms with E-state index >= 15 is 0 Å². The molecule has 2 rings (SSSR count). The van der Waals surface area contributed by atoms with Gasteiger partial charge >= 0.3 is 6.18 Å². The van der Waals surface area contributed by atoms with E-state index in [0.717, 1.165) is 0 Å². The molecule has 0 unspecified atom stereocenters. The van der Waals surface area contributed by atoms with Crippen molar-refractivity contribution in [2.45, 2.75) is 31.0 Å². The van der Waals surface area contributed by atoms with Crippen molar-refractivity contribution in [1.82, 2.24) is 5.32 Å². The van der Waals surface area contributed by atoms with E-state index in [2.05, 4.69) is 10.5 Å². The van der Waals surface area contributed by atoms with Gasteiger partial charge in [-0.15, -0.1) is 12.4 Å². The van der Waals surface area contributed by atoms with Gasteiger partial charge in [0, 0.05) is 19.3 Å². The monoisotopic (exact) mass is 244 g/mol. The molecule has 7 heteroatoms. The van der Waals surface area contributed by atoms with Crippen LogP contribution < -0.4 is 5.32 Å². The molecule has 0 saturated carbocycles. The van der Waals surface area contributed by atoms with Crippen molar-refractivity contribution in [3.8, 4) is 0 Å². The number of alkyl halides is 3. The molecule has 1 fully saturated rings. The first-order chi connectivity index (χ1) is 6.52. The number of hydrogen-bond acceptors (Lipinski definition) is 3. The largest absolute Gasteiger partial charge is 0.432 e. The highest BCUT2D eigenvalue weighted by molar-refractivity contribution is 5.91. The van der Waals surface area contributed by atoms with Crippen molar-refractivity contribution in [3.05, 3.63) is 0 Å². The molecule has 0 atom stereocenters. The Morgan fingerprint density at radius 3 is 2.33 bits per heavy atom. The van der Waals surface area contributed by atoms with Crippen LogP contribution in [0, 0.1) is 0 Å². The first kappa shape index (κ1) is 12.6. The molecular weight excluding hydrogens is 233 g/mol. The zero-order chi connectivity index (χ0) is 10.2. The summed E-state index contributed by atoms with van der Waals surface area (Å²) in [6.07, 6.45) is -3.25. The molecule has 1 saturated heterocycles.